The van der Waals surface area contributed by atoms with Crippen molar-refractivity contribution in [3.05, 3.63) is 83.2 Å². The number of ether oxygens (including phenoxy) is 2. The highest BCUT2D eigenvalue weighted by Gasteiger charge is 2.15. The number of H-pyrrole nitrogens is 1. The first kappa shape index (κ1) is 16.9. The lowest BCUT2D eigenvalue weighted by molar-refractivity contribution is 0.415. The van der Waals surface area contributed by atoms with Crippen LogP contribution >= 0.6 is 0 Å². The average molecular weight is 357 g/mol. The quantitative estimate of drug-likeness (QED) is 0.566. The van der Waals surface area contributed by atoms with Crippen LogP contribution in [0.3, 0.4) is 0 Å². The zero-order valence-corrected chi connectivity index (χ0v) is 15.2. The summed E-state index contributed by atoms with van der Waals surface area (Å²) in [4.78, 5) is 15.8. The lowest BCUT2D eigenvalue weighted by Gasteiger charge is -2.15. The Labute approximate surface area is 157 Å². The third-order valence-corrected chi connectivity index (χ3v) is 4.65. The maximum atomic E-state index is 12.7. The zero-order chi connectivity index (χ0) is 18.8. The van der Waals surface area contributed by atoms with Crippen molar-refractivity contribution >= 4 is 10.8 Å². The number of rotatable bonds is 4. The highest BCUT2D eigenvalue weighted by molar-refractivity contribution is 6.02. The van der Waals surface area contributed by atoms with Crippen LogP contribution in [0.1, 0.15) is 0 Å². The molecule has 3 aromatic carbocycles. The fourth-order valence-corrected chi connectivity index (χ4v) is 3.35. The topological polar surface area (TPSA) is 51.3 Å². The largest absolute Gasteiger partial charge is 0.497 e. The predicted octanol–water partition coefficient (Wildman–Crippen LogP) is 4.88. The van der Waals surface area contributed by atoms with Gasteiger partial charge in [-0.05, 0) is 41.3 Å². The van der Waals surface area contributed by atoms with Crippen molar-refractivity contribution < 1.29 is 9.47 Å². The maximum Gasteiger partial charge on any atom is 0.256 e. The lowest BCUT2D eigenvalue weighted by atomic mass is 9.94. The van der Waals surface area contributed by atoms with Gasteiger partial charge in [-0.25, -0.2) is 0 Å². The van der Waals surface area contributed by atoms with E-state index in [0.29, 0.717) is 5.39 Å². The fourth-order valence-electron chi connectivity index (χ4n) is 3.35. The van der Waals surface area contributed by atoms with Gasteiger partial charge < -0.3 is 14.5 Å². The smallest absolute Gasteiger partial charge is 0.256 e. The molecule has 1 aromatic heterocycles. The third-order valence-electron chi connectivity index (χ3n) is 4.65. The van der Waals surface area contributed by atoms with Gasteiger partial charge in [0.1, 0.15) is 11.5 Å². The number of hydrogen-bond acceptors (Lipinski definition) is 3. The molecular formula is C23H19NO3. The molecular weight excluding hydrogens is 338 g/mol. The predicted molar refractivity (Wildman–Crippen MR) is 109 cm³/mol. The van der Waals surface area contributed by atoms with Crippen LogP contribution in [0.15, 0.2) is 77.6 Å². The second-order valence-electron chi connectivity index (χ2n) is 6.21. The van der Waals surface area contributed by atoms with Crippen LogP contribution in [0.25, 0.3) is 33.2 Å². The SMILES string of the molecule is COc1cccc(-c2[nH]c(=O)c3ccccc3c2-c2cccc(OC)c2)c1. The van der Waals surface area contributed by atoms with Gasteiger partial charge in [0.15, 0.2) is 0 Å². The molecule has 0 unspecified atom stereocenters. The van der Waals surface area contributed by atoms with Crippen molar-refractivity contribution in [3.63, 3.8) is 0 Å². The summed E-state index contributed by atoms with van der Waals surface area (Å²) in [6.45, 7) is 0. The van der Waals surface area contributed by atoms with Gasteiger partial charge in [-0.15, -0.1) is 0 Å². The summed E-state index contributed by atoms with van der Waals surface area (Å²) in [6, 6.07) is 23.2. The van der Waals surface area contributed by atoms with Crippen molar-refractivity contribution in [2.24, 2.45) is 0 Å². The van der Waals surface area contributed by atoms with Crippen LogP contribution in [-0.4, -0.2) is 19.2 Å². The van der Waals surface area contributed by atoms with Crippen LogP contribution in [0, 0.1) is 0 Å². The molecule has 134 valence electrons. The van der Waals surface area contributed by atoms with E-state index < -0.39 is 0 Å². The first-order valence-electron chi connectivity index (χ1n) is 8.65. The lowest BCUT2D eigenvalue weighted by Crippen LogP contribution is -2.09. The Morgan fingerprint density at radius 3 is 1.96 bits per heavy atom. The molecule has 4 heteroatoms. The molecule has 4 nitrogen and oxygen atoms in total. The number of benzene rings is 3. The van der Waals surface area contributed by atoms with Gasteiger partial charge in [0, 0.05) is 16.5 Å². The molecule has 0 fully saturated rings. The van der Waals surface area contributed by atoms with Crippen LogP contribution < -0.4 is 15.0 Å². The van der Waals surface area contributed by atoms with E-state index in [0.717, 1.165) is 39.3 Å². The molecule has 0 aliphatic carbocycles. The molecule has 0 saturated heterocycles. The van der Waals surface area contributed by atoms with Gasteiger partial charge in [-0.3, -0.25) is 4.79 Å². The fraction of sp³-hybridized carbons (Fsp3) is 0.0870. The Balaban J connectivity index is 2.10. The molecule has 0 radical (unpaired) electrons. The van der Waals surface area contributed by atoms with Gasteiger partial charge in [0.05, 0.1) is 19.9 Å². The van der Waals surface area contributed by atoms with E-state index in [1.165, 1.54) is 0 Å². The normalized spacial score (nSPS) is 10.7. The number of fused-ring (bicyclic) bond motifs is 1. The number of pyridine rings is 1. The van der Waals surface area contributed by atoms with E-state index in [-0.39, 0.29) is 5.56 Å². The summed E-state index contributed by atoms with van der Waals surface area (Å²) in [5.74, 6) is 1.50. The molecule has 0 atom stereocenters. The first-order valence-corrected chi connectivity index (χ1v) is 8.65. The summed E-state index contributed by atoms with van der Waals surface area (Å²) < 4.78 is 10.8. The number of aromatic amines is 1. The molecule has 0 saturated carbocycles. The third kappa shape index (κ3) is 3.06. The average Bonchev–Trinajstić information content (AvgIpc) is 2.73. The second kappa shape index (κ2) is 7.00. The van der Waals surface area contributed by atoms with E-state index in [2.05, 4.69) is 4.98 Å². The van der Waals surface area contributed by atoms with Crippen molar-refractivity contribution in [1.29, 1.82) is 0 Å². The molecule has 1 heterocycles. The summed E-state index contributed by atoms with van der Waals surface area (Å²) in [5, 5.41) is 1.55. The van der Waals surface area contributed by atoms with Gasteiger partial charge in [-0.1, -0.05) is 42.5 Å². The Hall–Kier alpha value is -3.53. The molecule has 0 aliphatic rings. The van der Waals surface area contributed by atoms with Crippen molar-refractivity contribution in [1.82, 2.24) is 4.98 Å². The van der Waals surface area contributed by atoms with Crippen LogP contribution in [0.4, 0.5) is 0 Å². The molecule has 0 aliphatic heterocycles. The zero-order valence-electron chi connectivity index (χ0n) is 15.2. The van der Waals surface area contributed by atoms with Crippen molar-refractivity contribution in [3.8, 4) is 33.9 Å². The monoisotopic (exact) mass is 357 g/mol. The van der Waals surface area contributed by atoms with Crippen molar-refractivity contribution in [2.75, 3.05) is 14.2 Å². The van der Waals surface area contributed by atoms with Crippen LogP contribution in [0.5, 0.6) is 11.5 Å². The highest BCUT2D eigenvalue weighted by atomic mass is 16.5. The minimum atomic E-state index is -0.116. The number of aromatic nitrogens is 1. The first-order chi connectivity index (χ1) is 13.2. The van der Waals surface area contributed by atoms with Gasteiger partial charge in [-0.2, -0.15) is 0 Å². The Bertz CT molecular complexity index is 1180. The van der Waals surface area contributed by atoms with E-state index in [9.17, 15) is 4.79 Å². The number of hydrogen-bond donors (Lipinski definition) is 1. The summed E-state index contributed by atoms with van der Waals surface area (Å²) in [7, 11) is 3.28. The Kier molecular flexibility index (Phi) is 4.38. The minimum Gasteiger partial charge on any atom is -0.497 e. The van der Waals surface area contributed by atoms with E-state index in [1.807, 2.05) is 72.8 Å². The minimum absolute atomic E-state index is 0.116. The van der Waals surface area contributed by atoms with E-state index >= 15 is 0 Å². The number of nitrogens with one attached hydrogen (secondary N) is 1. The summed E-state index contributed by atoms with van der Waals surface area (Å²) in [5.41, 5.74) is 3.45. The number of methoxy groups -OCH3 is 2. The van der Waals surface area contributed by atoms with Crippen LogP contribution in [0.2, 0.25) is 0 Å². The summed E-state index contributed by atoms with van der Waals surface area (Å²) in [6.07, 6.45) is 0. The Morgan fingerprint density at radius 1 is 0.704 bits per heavy atom. The van der Waals surface area contributed by atoms with E-state index in [1.54, 1.807) is 14.2 Å². The molecule has 27 heavy (non-hydrogen) atoms. The molecule has 4 aromatic rings. The molecule has 0 spiro atoms. The standard InChI is InChI=1S/C23H19NO3/c1-26-17-9-5-7-15(13-17)21-19-11-3-4-12-20(19)23(25)24-22(21)16-8-6-10-18(14-16)27-2/h3-14H,1-2H3,(H,24,25). The maximum absolute atomic E-state index is 12.7. The van der Waals surface area contributed by atoms with Gasteiger partial charge in [0.25, 0.3) is 5.56 Å². The molecule has 0 bridgehead atoms. The molecule has 1 N–H and O–H groups in total. The molecule has 4 rings (SSSR count). The van der Waals surface area contributed by atoms with Gasteiger partial charge in [0.2, 0.25) is 0 Å². The van der Waals surface area contributed by atoms with Gasteiger partial charge >= 0.3 is 0 Å². The van der Waals surface area contributed by atoms with E-state index in [4.69, 9.17) is 9.47 Å². The Morgan fingerprint density at radius 2 is 1.30 bits per heavy atom. The van der Waals surface area contributed by atoms with Crippen molar-refractivity contribution in [2.45, 2.75) is 0 Å². The molecule has 0 amide bonds. The summed E-state index contributed by atoms with van der Waals surface area (Å²) >= 11 is 0. The highest BCUT2D eigenvalue weighted by Crippen LogP contribution is 2.37. The van der Waals surface area contributed by atoms with Crippen LogP contribution in [-0.2, 0) is 0 Å². The second-order valence-corrected chi connectivity index (χ2v) is 6.21.